The highest BCUT2D eigenvalue weighted by Crippen LogP contribution is 2.19. The molecule has 0 saturated carbocycles. The highest BCUT2D eigenvalue weighted by Gasteiger charge is 2.17. The number of nitrogens with zero attached hydrogens (tertiary/aromatic N) is 2. The number of carbonyl (C=O) groups is 1. The van der Waals surface area contributed by atoms with Gasteiger partial charge >= 0.3 is 0 Å². The van der Waals surface area contributed by atoms with Crippen LogP contribution in [0.15, 0.2) is 28.7 Å². The van der Waals surface area contributed by atoms with E-state index in [9.17, 15) is 4.79 Å². The predicted molar refractivity (Wildman–Crippen MR) is 81.3 cm³/mol. The van der Waals surface area contributed by atoms with Gasteiger partial charge < -0.3 is 10.5 Å². The fourth-order valence-electron chi connectivity index (χ4n) is 1.81. The molecule has 0 atom stereocenters. The second-order valence-corrected chi connectivity index (χ2v) is 5.12. The van der Waals surface area contributed by atoms with E-state index in [1.807, 2.05) is 12.1 Å². The number of hydrogen-bond acceptors (Lipinski definition) is 6. The summed E-state index contributed by atoms with van der Waals surface area (Å²) in [7, 11) is 0. The van der Waals surface area contributed by atoms with Crippen LogP contribution >= 0.6 is 15.9 Å². The van der Waals surface area contributed by atoms with Crippen LogP contribution in [0.5, 0.6) is 5.75 Å². The molecule has 110 valence electrons. The van der Waals surface area contributed by atoms with Gasteiger partial charge in [0.1, 0.15) is 12.4 Å². The maximum absolute atomic E-state index is 11.8. The lowest BCUT2D eigenvalue weighted by Crippen LogP contribution is -2.32. The van der Waals surface area contributed by atoms with Crippen molar-refractivity contribution in [3.8, 4) is 5.75 Å². The Morgan fingerprint density at radius 2 is 2.00 bits per heavy atom. The highest BCUT2D eigenvalue weighted by atomic mass is 79.9. The second kappa shape index (κ2) is 6.51. The van der Waals surface area contributed by atoms with Gasteiger partial charge in [-0.3, -0.25) is 10.2 Å². The zero-order valence-corrected chi connectivity index (χ0v) is 12.8. The Morgan fingerprint density at radius 1 is 1.33 bits per heavy atom. The van der Waals surface area contributed by atoms with E-state index in [1.54, 1.807) is 19.1 Å². The third-order valence-electron chi connectivity index (χ3n) is 2.73. The summed E-state index contributed by atoms with van der Waals surface area (Å²) in [6.45, 7) is 1.74. The van der Waals surface area contributed by atoms with Crippen molar-refractivity contribution >= 4 is 27.8 Å². The fourth-order valence-corrected chi connectivity index (χ4v) is 2.07. The molecule has 21 heavy (non-hydrogen) atoms. The van der Waals surface area contributed by atoms with Gasteiger partial charge in [-0.2, -0.15) is 0 Å². The number of hydrogen-bond donors (Lipinski definition) is 3. The molecule has 0 saturated heterocycles. The Morgan fingerprint density at radius 3 is 2.62 bits per heavy atom. The summed E-state index contributed by atoms with van der Waals surface area (Å²) in [6.07, 6.45) is 0. The molecule has 2 rings (SSSR count). The number of aromatic nitrogens is 2. The molecule has 1 aromatic carbocycles. The first kappa shape index (κ1) is 15.2. The van der Waals surface area contributed by atoms with E-state index in [-0.39, 0.29) is 18.1 Å². The molecule has 0 radical (unpaired) electrons. The number of nitrogen functional groups attached to an aromatic ring is 2. The number of benzene rings is 1. The van der Waals surface area contributed by atoms with Crippen LogP contribution in [-0.4, -0.2) is 15.9 Å². The molecule has 0 aliphatic rings. The zero-order valence-electron chi connectivity index (χ0n) is 11.3. The van der Waals surface area contributed by atoms with Gasteiger partial charge in [-0.05, 0) is 31.2 Å². The molecule has 1 aromatic heterocycles. The van der Waals surface area contributed by atoms with Gasteiger partial charge in [0.05, 0.1) is 17.0 Å². The number of ether oxygens (including phenoxy) is 1. The minimum atomic E-state index is -0.484. The minimum Gasteiger partial charge on any atom is -0.487 e. The maximum Gasteiger partial charge on any atom is 0.269 e. The molecule has 0 aliphatic carbocycles. The van der Waals surface area contributed by atoms with Crippen LogP contribution in [0.3, 0.4) is 0 Å². The van der Waals surface area contributed by atoms with Crippen LogP contribution in [0.4, 0.5) is 5.95 Å². The number of hydrazine groups is 1. The van der Waals surface area contributed by atoms with E-state index in [0.717, 1.165) is 4.47 Å². The van der Waals surface area contributed by atoms with Crippen LogP contribution in [0, 0.1) is 6.92 Å². The Kier molecular flexibility index (Phi) is 4.71. The molecule has 8 heteroatoms. The van der Waals surface area contributed by atoms with Crippen molar-refractivity contribution in [2.45, 2.75) is 13.5 Å². The molecule has 0 spiro atoms. The average Bonchev–Trinajstić information content (AvgIpc) is 2.45. The summed E-state index contributed by atoms with van der Waals surface area (Å²) in [5.74, 6) is 5.41. The van der Waals surface area contributed by atoms with E-state index in [4.69, 9.17) is 16.3 Å². The van der Waals surface area contributed by atoms with Crippen molar-refractivity contribution in [1.82, 2.24) is 15.4 Å². The molecular formula is C13H14BrN5O2. The Hall–Kier alpha value is -2.19. The number of amides is 1. The first-order chi connectivity index (χ1) is 10.0. The maximum atomic E-state index is 11.8. The van der Waals surface area contributed by atoms with Crippen LogP contribution < -0.4 is 21.7 Å². The monoisotopic (exact) mass is 351 g/mol. The molecule has 0 fully saturated rings. The van der Waals surface area contributed by atoms with E-state index < -0.39 is 5.91 Å². The van der Waals surface area contributed by atoms with E-state index >= 15 is 0 Å². The van der Waals surface area contributed by atoms with Crippen molar-refractivity contribution in [2.75, 3.05) is 5.73 Å². The third-order valence-corrected chi connectivity index (χ3v) is 3.26. The molecule has 0 unspecified atom stereocenters. The van der Waals surface area contributed by atoms with E-state index in [2.05, 4.69) is 31.3 Å². The van der Waals surface area contributed by atoms with Crippen molar-refractivity contribution in [3.63, 3.8) is 0 Å². The van der Waals surface area contributed by atoms with Crippen LogP contribution in [0.2, 0.25) is 0 Å². The first-order valence-electron chi connectivity index (χ1n) is 6.03. The minimum absolute atomic E-state index is 0.0791. The van der Waals surface area contributed by atoms with Gasteiger partial charge in [-0.15, -0.1) is 0 Å². The van der Waals surface area contributed by atoms with Crippen LogP contribution in [-0.2, 0) is 6.61 Å². The fraction of sp³-hybridized carbons (Fsp3) is 0.154. The van der Waals surface area contributed by atoms with E-state index in [1.165, 1.54) is 0 Å². The standard InChI is InChI=1S/C13H14BrN5O2/c1-7-11(12(20)19-16)10(18-13(15)17-7)6-21-9-4-2-8(14)3-5-9/h2-5H,6,16H2,1H3,(H,19,20)(H2,15,17,18). The number of nitrogens with two attached hydrogens (primary N) is 2. The highest BCUT2D eigenvalue weighted by molar-refractivity contribution is 9.10. The number of halogens is 1. The van der Waals surface area contributed by atoms with Crippen LogP contribution in [0.25, 0.3) is 0 Å². The number of anilines is 1. The number of rotatable bonds is 4. The summed E-state index contributed by atoms with van der Waals surface area (Å²) in [5.41, 5.74) is 8.77. The smallest absolute Gasteiger partial charge is 0.269 e. The van der Waals surface area contributed by atoms with Crippen molar-refractivity contribution in [3.05, 3.63) is 45.7 Å². The summed E-state index contributed by atoms with van der Waals surface area (Å²) >= 11 is 3.34. The van der Waals surface area contributed by atoms with Crippen molar-refractivity contribution in [2.24, 2.45) is 5.84 Å². The molecular weight excluding hydrogens is 338 g/mol. The topological polar surface area (TPSA) is 116 Å². The molecule has 1 heterocycles. The van der Waals surface area contributed by atoms with Gasteiger partial charge in [0.2, 0.25) is 5.95 Å². The van der Waals surface area contributed by atoms with E-state index in [0.29, 0.717) is 17.1 Å². The molecule has 7 nitrogen and oxygen atoms in total. The van der Waals surface area contributed by atoms with Crippen molar-refractivity contribution in [1.29, 1.82) is 0 Å². The van der Waals surface area contributed by atoms with Gasteiger partial charge in [0.25, 0.3) is 5.91 Å². The number of carbonyl (C=O) groups excluding carboxylic acids is 1. The summed E-state index contributed by atoms with van der Waals surface area (Å²) in [5, 5.41) is 0. The molecule has 1 amide bonds. The normalized spacial score (nSPS) is 10.2. The number of aryl methyl sites for hydroxylation is 1. The molecule has 2 aromatic rings. The summed E-state index contributed by atoms with van der Waals surface area (Å²) in [6, 6.07) is 7.29. The molecule has 0 bridgehead atoms. The van der Waals surface area contributed by atoms with Crippen molar-refractivity contribution < 1.29 is 9.53 Å². The number of nitrogens with one attached hydrogen (secondary N) is 1. The zero-order chi connectivity index (χ0) is 15.4. The molecule has 5 N–H and O–H groups in total. The summed E-state index contributed by atoms with van der Waals surface area (Å²) in [4.78, 5) is 19.8. The lowest BCUT2D eigenvalue weighted by molar-refractivity contribution is 0.0949. The lowest BCUT2D eigenvalue weighted by Gasteiger charge is -2.12. The Labute approximate surface area is 129 Å². The Balaban J connectivity index is 2.26. The predicted octanol–water partition coefficient (Wildman–Crippen LogP) is 1.31. The second-order valence-electron chi connectivity index (χ2n) is 4.20. The van der Waals surface area contributed by atoms with Gasteiger partial charge in [0, 0.05) is 4.47 Å². The van der Waals surface area contributed by atoms with Crippen LogP contribution in [0.1, 0.15) is 21.7 Å². The van der Waals surface area contributed by atoms with Gasteiger partial charge in [-0.1, -0.05) is 15.9 Å². The average molecular weight is 352 g/mol. The van der Waals surface area contributed by atoms with Gasteiger partial charge in [-0.25, -0.2) is 15.8 Å². The largest absolute Gasteiger partial charge is 0.487 e. The SMILES string of the molecule is Cc1nc(N)nc(COc2ccc(Br)cc2)c1C(=O)NN. The first-order valence-corrected chi connectivity index (χ1v) is 6.83. The lowest BCUT2D eigenvalue weighted by atomic mass is 10.1. The third kappa shape index (κ3) is 3.67. The molecule has 0 aliphatic heterocycles. The Bertz CT molecular complexity index is 660. The summed E-state index contributed by atoms with van der Waals surface area (Å²) < 4.78 is 6.55. The quantitative estimate of drug-likeness (QED) is 0.434. The van der Waals surface area contributed by atoms with Gasteiger partial charge in [0.15, 0.2) is 0 Å².